The van der Waals surface area contributed by atoms with Gasteiger partial charge in [-0.25, -0.2) is 19.6 Å². The molecule has 0 aliphatic carbocycles. The molecule has 184 valence electrons. The van der Waals surface area contributed by atoms with Crippen LogP contribution in [0.4, 0.5) is 0 Å². The quantitative estimate of drug-likeness (QED) is 0.308. The molecule has 1 aromatic heterocycles. The number of hydrogen-bond donors (Lipinski definition) is 0. The summed E-state index contributed by atoms with van der Waals surface area (Å²) in [5, 5.41) is 0. The van der Waals surface area contributed by atoms with Gasteiger partial charge in [0.1, 0.15) is 22.5 Å². The SMILES string of the molecule is CCOC(=O)c1ccc(-c2nc3c(OC)ccc(OC)c3nc2-c2ccc(C(=O)OCC)cc2)cc1. The first-order chi connectivity index (χ1) is 17.5. The normalized spacial score (nSPS) is 10.7. The monoisotopic (exact) mass is 486 g/mol. The third-order valence-corrected chi connectivity index (χ3v) is 5.53. The second kappa shape index (κ2) is 10.9. The Morgan fingerprint density at radius 2 is 0.972 bits per heavy atom. The first-order valence-electron chi connectivity index (χ1n) is 11.5. The number of carbonyl (C=O) groups excluding carboxylic acids is 2. The number of methoxy groups -OCH3 is 2. The molecule has 0 spiro atoms. The van der Waals surface area contributed by atoms with Gasteiger partial charge >= 0.3 is 11.9 Å². The molecule has 0 aliphatic rings. The summed E-state index contributed by atoms with van der Waals surface area (Å²) in [6.45, 7) is 4.12. The molecule has 0 aliphatic heterocycles. The molecule has 36 heavy (non-hydrogen) atoms. The highest BCUT2D eigenvalue weighted by molar-refractivity contribution is 5.95. The first kappa shape index (κ1) is 24.7. The van der Waals surface area contributed by atoms with Crippen molar-refractivity contribution in [3.63, 3.8) is 0 Å². The zero-order valence-corrected chi connectivity index (χ0v) is 20.5. The van der Waals surface area contributed by atoms with Gasteiger partial charge in [0, 0.05) is 11.1 Å². The van der Waals surface area contributed by atoms with Crippen LogP contribution in [-0.4, -0.2) is 49.3 Å². The number of benzene rings is 3. The predicted molar refractivity (Wildman–Crippen MR) is 135 cm³/mol. The van der Waals surface area contributed by atoms with Crippen molar-refractivity contribution in [1.29, 1.82) is 0 Å². The first-order valence-corrected chi connectivity index (χ1v) is 11.5. The maximum Gasteiger partial charge on any atom is 0.338 e. The third kappa shape index (κ3) is 4.84. The van der Waals surface area contributed by atoms with Gasteiger partial charge in [0.05, 0.1) is 49.9 Å². The highest BCUT2D eigenvalue weighted by Gasteiger charge is 2.19. The van der Waals surface area contributed by atoms with Crippen LogP contribution in [0, 0.1) is 0 Å². The molecule has 1 heterocycles. The molecule has 0 fully saturated rings. The smallest absolute Gasteiger partial charge is 0.338 e. The van der Waals surface area contributed by atoms with Crippen molar-refractivity contribution < 1.29 is 28.5 Å². The Hall–Kier alpha value is -4.46. The summed E-state index contributed by atoms with van der Waals surface area (Å²) in [5.41, 5.74) is 4.59. The largest absolute Gasteiger partial charge is 0.494 e. The summed E-state index contributed by atoms with van der Waals surface area (Å²) >= 11 is 0. The fraction of sp³-hybridized carbons (Fsp3) is 0.214. The average Bonchev–Trinajstić information content (AvgIpc) is 2.92. The molecule has 0 radical (unpaired) electrons. The number of aromatic nitrogens is 2. The molecule has 8 heteroatoms. The average molecular weight is 487 g/mol. The van der Waals surface area contributed by atoms with E-state index in [1.54, 1.807) is 88.7 Å². The van der Waals surface area contributed by atoms with Crippen molar-refractivity contribution in [2.45, 2.75) is 13.8 Å². The fourth-order valence-electron chi connectivity index (χ4n) is 3.78. The molecule has 0 amide bonds. The van der Waals surface area contributed by atoms with Gasteiger partial charge in [-0.3, -0.25) is 0 Å². The van der Waals surface area contributed by atoms with E-state index in [4.69, 9.17) is 28.9 Å². The highest BCUT2D eigenvalue weighted by atomic mass is 16.5. The van der Waals surface area contributed by atoms with E-state index in [0.29, 0.717) is 58.3 Å². The lowest BCUT2D eigenvalue weighted by molar-refractivity contribution is 0.0517. The molecular weight excluding hydrogens is 460 g/mol. The van der Waals surface area contributed by atoms with Crippen molar-refractivity contribution >= 4 is 23.0 Å². The lowest BCUT2D eigenvalue weighted by Gasteiger charge is -2.14. The highest BCUT2D eigenvalue weighted by Crippen LogP contribution is 2.37. The lowest BCUT2D eigenvalue weighted by atomic mass is 10.0. The van der Waals surface area contributed by atoms with Crippen molar-refractivity contribution in [2.75, 3.05) is 27.4 Å². The Labute approximate surface area is 208 Å². The van der Waals surface area contributed by atoms with Crippen LogP contribution in [-0.2, 0) is 9.47 Å². The molecule has 0 unspecified atom stereocenters. The molecule has 3 aromatic carbocycles. The Balaban J connectivity index is 1.91. The number of nitrogens with zero attached hydrogens (tertiary/aromatic N) is 2. The van der Waals surface area contributed by atoms with E-state index >= 15 is 0 Å². The minimum atomic E-state index is -0.394. The van der Waals surface area contributed by atoms with Crippen LogP contribution in [0.3, 0.4) is 0 Å². The minimum Gasteiger partial charge on any atom is -0.494 e. The van der Waals surface area contributed by atoms with Crippen molar-refractivity contribution in [3.8, 4) is 34.0 Å². The second-order valence-corrected chi connectivity index (χ2v) is 7.68. The number of carbonyl (C=O) groups is 2. The number of hydrogen-bond acceptors (Lipinski definition) is 8. The van der Waals surface area contributed by atoms with E-state index < -0.39 is 11.9 Å². The van der Waals surface area contributed by atoms with Crippen LogP contribution in [0.15, 0.2) is 60.7 Å². The molecule has 0 saturated carbocycles. The second-order valence-electron chi connectivity index (χ2n) is 7.68. The Bertz CT molecular complexity index is 1290. The van der Waals surface area contributed by atoms with E-state index in [1.165, 1.54) is 0 Å². The van der Waals surface area contributed by atoms with Gasteiger partial charge in [-0.2, -0.15) is 0 Å². The summed E-state index contributed by atoms with van der Waals surface area (Å²) in [6, 6.07) is 17.5. The number of fused-ring (bicyclic) bond motifs is 1. The third-order valence-electron chi connectivity index (χ3n) is 5.53. The Morgan fingerprint density at radius 3 is 1.28 bits per heavy atom. The van der Waals surface area contributed by atoms with Crippen LogP contribution < -0.4 is 9.47 Å². The molecule has 0 N–H and O–H groups in total. The van der Waals surface area contributed by atoms with Gasteiger partial charge in [-0.05, 0) is 50.2 Å². The van der Waals surface area contributed by atoms with Crippen molar-refractivity contribution in [2.24, 2.45) is 0 Å². The number of rotatable bonds is 8. The molecule has 4 rings (SSSR count). The standard InChI is InChI=1S/C28H26N2O6/c1-5-35-27(31)19-11-7-17(8-12-19)23-24(18-9-13-20(14-10-18)28(32)36-6-2)30-26-22(34-4)16-15-21(33-3)25(26)29-23/h7-16H,5-6H2,1-4H3. The molecular formula is C28H26N2O6. The summed E-state index contributed by atoms with van der Waals surface area (Å²) in [7, 11) is 3.14. The fourth-order valence-corrected chi connectivity index (χ4v) is 3.78. The molecule has 8 nitrogen and oxygen atoms in total. The van der Waals surface area contributed by atoms with Gasteiger partial charge in [0.2, 0.25) is 0 Å². The minimum absolute atomic E-state index is 0.296. The zero-order valence-electron chi connectivity index (χ0n) is 20.5. The van der Waals surface area contributed by atoms with Crippen molar-refractivity contribution in [1.82, 2.24) is 9.97 Å². The summed E-state index contributed by atoms with van der Waals surface area (Å²) in [4.78, 5) is 34.1. The number of ether oxygens (including phenoxy) is 4. The van der Waals surface area contributed by atoms with E-state index in [0.717, 1.165) is 11.1 Å². The Morgan fingerprint density at radius 1 is 0.611 bits per heavy atom. The predicted octanol–water partition coefficient (Wildman–Crippen LogP) is 5.33. The topological polar surface area (TPSA) is 96.8 Å². The van der Waals surface area contributed by atoms with E-state index in [1.807, 2.05) is 0 Å². The van der Waals surface area contributed by atoms with E-state index in [-0.39, 0.29) is 0 Å². The molecule has 0 bridgehead atoms. The van der Waals surface area contributed by atoms with E-state index in [2.05, 4.69) is 0 Å². The maximum absolute atomic E-state index is 12.1. The number of esters is 2. The van der Waals surface area contributed by atoms with Crippen LogP contribution in [0.25, 0.3) is 33.5 Å². The maximum atomic E-state index is 12.1. The molecule has 0 saturated heterocycles. The van der Waals surface area contributed by atoms with Gasteiger partial charge in [0.15, 0.2) is 0 Å². The van der Waals surface area contributed by atoms with Gasteiger partial charge in [0.25, 0.3) is 0 Å². The molecule has 4 aromatic rings. The summed E-state index contributed by atoms with van der Waals surface area (Å²) in [6.07, 6.45) is 0. The van der Waals surface area contributed by atoms with Crippen LogP contribution in [0.2, 0.25) is 0 Å². The van der Waals surface area contributed by atoms with E-state index in [9.17, 15) is 9.59 Å². The lowest BCUT2D eigenvalue weighted by Crippen LogP contribution is -2.05. The molecule has 0 atom stereocenters. The summed E-state index contributed by atoms with van der Waals surface area (Å²) < 4.78 is 21.3. The zero-order chi connectivity index (χ0) is 25.7. The summed E-state index contributed by atoms with van der Waals surface area (Å²) in [5.74, 6) is 0.309. The van der Waals surface area contributed by atoms with Gasteiger partial charge < -0.3 is 18.9 Å². The van der Waals surface area contributed by atoms with Gasteiger partial charge in [-0.15, -0.1) is 0 Å². The van der Waals surface area contributed by atoms with Crippen LogP contribution >= 0.6 is 0 Å². The van der Waals surface area contributed by atoms with Gasteiger partial charge in [-0.1, -0.05) is 24.3 Å². The Kier molecular flexibility index (Phi) is 7.44. The van der Waals surface area contributed by atoms with Crippen molar-refractivity contribution in [3.05, 3.63) is 71.8 Å². The van der Waals surface area contributed by atoms with Crippen LogP contribution in [0.5, 0.6) is 11.5 Å². The van der Waals surface area contributed by atoms with Crippen LogP contribution in [0.1, 0.15) is 34.6 Å².